The van der Waals surface area contributed by atoms with Crippen molar-refractivity contribution in [2.75, 3.05) is 25.1 Å². The number of fused-ring (bicyclic) bond motifs is 1. The molecule has 0 unspecified atom stereocenters. The van der Waals surface area contributed by atoms with E-state index in [4.69, 9.17) is 9.47 Å². The highest BCUT2D eigenvalue weighted by Gasteiger charge is 2.24. The molecule has 0 bridgehead atoms. The number of hydrogen-bond acceptors (Lipinski definition) is 4. The van der Waals surface area contributed by atoms with Gasteiger partial charge in [0.2, 0.25) is 11.8 Å². The van der Waals surface area contributed by atoms with Crippen LogP contribution in [0.15, 0.2) is 18.2 Å². The molecule has 0 radical (unpaired) electrons. The van der Waals surface area contributed by atoms with Crippen molar-refractivity contribution >= 4 is 17.5 Å². The van der Waals surface area contributed by atoms with Gasteiger partial charge in [-0.15, -0.1) is 0 Å². The van der Waals surface area contributed by atoms with Crippen molar-refractivity contribution in [3.63, 3.8) is 0 Å². The molecule has 1 aliphatic rings. The molecule has 0 saturated carbocycles. The molecule has 1 aromatic rings. The Balaban J connectivity index is 1.93. The van der Waals surface area contributed by atoms with Gasteiger partial charge in [-0.05, 0) is 32.9 Å². The van der Waals surface area contributed by atoms with E-state index in [1.165, 1.54) is 6.92 Å². The van der Waals surface area contributed by atoms with Crippen LogP contribution in [0.25, 0.3) is 0 Å². The van der Waals surface area contributed by atoms with E-state index >= 15 is 0 Å². The summed E-state index contributed by atoms with van der Waals surface area (Å²) >= 11 is 0. The number of nitrogens with zero attached hydrogens (tertiary/aromatic N) is 1. The Morgan fingerprint density at radius 2 is 1.83 bits per heavy atom. The van der Waals surface area contributed by atoms with Gasteiger partial charge in [-0.1, -0.05) is 0 Å². The fourth-order valence-electron chi connectivity index (χ4n) is 2.52. The van der Waals surface area contributed by atoms with Gasteiger partial charge in [0.05, 0.1) is 0 Å². The Labute approximate surface area is 136 Å². The maximum atomic E-state index is 12.1. The summed E-state index contributed by atoms with van der Waals surface area (Å²) in [6.45, 7) is 8.79. The lowest BCUT2D eigenvalue weighted by Crippen LogP contribution is -2.45. The van der Waals surface area contributed by atoms with E-state index in [2.05, 4.69) is 5.32 Å². The topological polar surface area (TPSA) is 67.9 Å². The Kier molecular flexibility index (Phi) is 5.13. The molecule has 0 spiro atoms. The van der Waals surface area contributed by atoms with Gasteiger partial charge in [0.15, 0.2) is 11.5 Å². The third-order valence-corrected chi connectivity index (χ3v) is 3.58. The van der Waals surface area contributed by atoms with E-state index in [-0.39, 0.29) is 23.8 Å². The maximum Gasteiger partial charge on any atom is 0.226 e. The van der Waals surface area contributed by atoms with Crippen LogP contribution in [0.1, 0.15) is 34.1 Å². The Hall–Kier alpha value is -2.24. The third kappa shape index (κ3) is 4.61. The second-order valence-corrected chi connectivity index (χ2v) is 6.50. The molecule has 0 aromatic heterocycles. The molecule has 23 heavy (non-hydrogen) atoms. The highest BCUT2D eigenvalue weighted by Crippen LogP contribution is 2.32. The molecule has 0 saturated heterocycles. The summed E-state index contributed by atoms with van der Waals surface area (Å²) in [4.78, 5) is 25.5. The average Bonchev–Trinajstić information content (AvgIpc) is 2.45. The molecular formula is C17H24N2O4. The van der Waals surface area contributed by atoms with Crippen molar-refractivity contribution in [3.8, 4) is 11.5 Å². The van der Waals surface area contributed by atoms with Crippen LogP contribution in [0.3, 0.4) is 0 Å². The minimum Gasteiger partial charge on any atom is -0.486 e. The predicted molar refractivity (Wildman–Crippen MR) is 87.8 cm³/mol. The first-order valence-corrected chi connectivity index (χ1v) is 7.75. The zero-order valence-electron chi connectivity index (χ0n) is 14.1. The van der Waals surface area contributed by atoms with Gasteiger partial charge in [-0.2, -0.15) is 0 Å². The molecular weight excluding hydrogens is 296 g/mol. The highest BCUT2D eigenvalue weighted by molar-refractivity contribution is 5.91. The Bertz CT molecular complexity index is 593. The van der Waals surface area contributed by atoms with Crippen LogP contribution in [0.2, 0.25) is 0 Å². The first-order chi connectivity index (χ1) is 10.8. The normalized spacial score (nSPS) is 13.4. The number of anilines is 1. The molecule has 1 heterocycles. The first-order valence-electron chi connectivity index (χ1n) is 7.75. The zero-order chi connectivity index (χ0) is 17.0. The van der Waals surface area contributed by atoms with Crippen LogP contribution >= 0.6 is 0 Å². The molecule has 0 aliphatic carbocycles. The summed E-state index contributed by atoms with van der Waals surface area (Å²) in [5, 5.41) is 2.83. The number of rotatable bonds is 4. The second kappa shape index (κ2) is 6.89. The smallest absolute Gasteiger partial charge is 0.226 e. The van der Waals surface area contributed by atoms with Crippen molar-refractivity contribution in [3.05, 3.63) is 18.2 Å². The summed E-state index contributed by atoms with van der Waals surface area (Å²) in [5.41, 5.74) is 0.354. The van der Waals surface area contributed by atoms with Crippen molar-refractivity contribution in [1.29, 1.82) is 0 Å². The van der Waals surface area contributed by atoms with Crippen LogP contribution in [-0.2, 0) is 9.59 Å². The van der Waals surface area contributed by atoms with E-state index < -0.39 is 0 Å². The predicted octanol–water partition coefficient (Wildman–Crippen LogP) is 2.43. The fraction of sp³-hybridized carbons (Fsp3) is 0.529. The fourth-order valence-corrected chi connectivity index (χ4v) is 2.52. The molecule has 1 aliphatic heterocycles. The lowest BCUT2D eigenvalue weighted by Gasteiger charge is -2.34. The van der Waals surface area contributed by atoms with Crippen molar-refractivity contribution in [1.82, 2.24) is 4.90 Å². The van der Waals surface area contributed by atoms with Gasteiger partial charge in [-0.25, -0.2) is 0 Å². The number of carbonyl (C=O) groups is 2. The number of benzene rings is 1. The third-order valence-electron chi connectivity index (χ3n) is 3.58. The minimum atomic E-state index is -0.302. The van der Waals surface area contributed by atoms with Crippen molar-refractivity contribution < 1.29 is 19.1 Å². The molecule has 2 rings (SSSR count). The second-order valence-electron chi connectivity index (χ2n) is 6.50. The van der Waals surface area contributed by atoms with Gasteiger partial charge in [0, 0.05) is 37.2 Å². The van der Waals surface area contributed by atoms with E-state index in [9.17, 15) is 9.59 Å². The van der Waals surface area contributed by atoms with E-state index in [0.29, 0.717) is 36.9 Å². The summed E-state index contributed by atoms with van der Waals surface area (Å²) in [5.74, 6) is 1.14. The Morgan fingerprint density at radius 3 is 2.43 bits per heavy atom. The van der Waals surface area contributed by atoms with E-state index in [1.807, 2.05) is 20.8 Å². The maximum absolute atomic E-state index is 12.1. The standard InChI is InChI=1S/C17H24N2O4/c1-12(20)19(17(2,3)4)8-7-16(21)18-13-5-6-14-15(11-13)23-10-9-22-14/h5-6,11H,7-10H2,1-4H3,(H,18,21). The van der Waals surface area contributed by atoms with Crippen LogP contribution in [0, 0.1) is 0 Å². The molecule has 6 heteroatoms. The summed E-state index contributed by atoms with van der Waals surface area (Å²) in [6, 6.07) is 5.30. The number of ether oxygens (including phenoxy) is 2. The summed E-state index contributed by atoms with van der Waals surface area (Å²) in [7, 11) is 0. The van der Waals surface area contributed by atoms with Crippen LogP contribution < -0.4 is 14.8 Å². The summed E-state index contributed by atoms with van der Waals surface area (Å²) in [6.07, 6.45) is 0.241. The molecule has 2 amide bonds. The summed E-state index contributed by atoms with van der Waals surface area (Å²) < 4.78 is 10.9. The highest BCUT2D eigenvalue weighted by atomic mass is 16.6. The van der Waals surface area contributed by atoms with Crippen LogP contribution in [0.5, 0.6) is 11.5 Å². The number of carbonyl (C=O) groups excluding carboxylic acids is 2. The monoisotopic (exact) mass is 320 g/mol. The van der Waals surface area contributed by atoms with Crippen LogP contribution in [-0.4, -0.2) is 42.0 Å². The molecule has 0 atom stereocenters. The number of amides is 2. The van der Waals surface area contributed by atoms with Gasteiger partial charge < -0.3 is 19.7 Å². The minimum absolute atomic E-state index is 0.0374. The zero-order valence-corrected chi connectivity index (χ0v) is 14.1. The lowest BCUT2D eigenvalue weighted by atomic mass is 10.1. The molecule has 126 valence electrons. The SMILES string of the molecule is CC(=O)N(CCC(=O)Nc1ccc2c(c1)OCCO2)C(C)(C)C. The van der Waals surface area contributed by atoms with Gasteiger partial charge in [0.25, 0.3) is 0 Å². The molecule has 0 fully saturated rings. The van der Waals surface area contributed by atoms with Crippen molar-refractivity contribution in [2.45, 2.75) is 39.7 Å². The van der Waals surface area contributed by atoms with Gasteiger partial charge >= 0.3 is 0 Å². The van der Waals surface area contributed by atoms with Gasteiger partial charge in [-0.3, -0.25) is 9.59 Å². The number of nitrogens with one attached hydrogen (secondary N) is 1. The van der Waals surface area contributed by atoms with Crippen molar-refractivity contribution in [2.24, 2.45) is 0 Å². The molecule has 1 N–H and O–H groups in total. The quantitative estimate of drug-likeness (QED) is 0.925. The number of hydrogen-bond donors (Lipinski definition) is 1. The molecule has 1 aromatic carbocycles. The Morgan fingerprint density at radius 1 is 1.17 bits per heavy atom. The lowest BCUT2D eigenvalue weighted by molar-refractivity contribution is -0.134. The van der Waals surface area contributed by atoms with E-state index in [0.717, 1.165) is 0 Å². The molecule has 6 nitrogen and oxygen atoms in total. The average molecular weight is 320 g/mol. The van der Waals surface area contributed by atoms with Gasteiger partial charge in [0.1, 0.15) is 13.2 Å². The largest absolute Gasteiger partial charge is 0.486 e. The first kappa shape index (κ1) is 17.1. The van der Waals surface area contributed by atoms with Crippen LogP contribution in [0.4, 0.5) is 5.69 Å². The van der Waals surface area contributed by atoms with E-state index in [1.54, 1.807) is 23.1 Å².